The maximum atomic E-state index is 12.1. The molecule has 0 aliphatic rings. The highest BCUT2D eigenvalue weighted by Crippen LogP contribution is 2.18. The number of carbonyl (C=O) groups excluding carboxylic acids is 1. The summed E-state index contributed by atoms with van der Waals surface area (Å²) in [5, 5.41) is 10.8. The summed E-state index contributed by atoms with van der Waals surface area (Å²) in [6.45, 7) is -1.52. The van der Waals surface area contributed by atoms with E-state index in [1.54, 1.807) is 24.3 Å². The lowest BCUT2D eigenvalue weighted by Crippen LogP contribution is -2.16. The number of esters is 1. The topological polar surface area (TPSA) is 79.1 Å². The molecule has 3 aromatic rings. The Hall–Kier alpha value is -3.27. The zero-order chi connectivity index (χ0) is 19.3. The summed E-state index contributed by atoms with van der Waals surface area (Å²) in [5.41, 5.74) is 1.48. The molecule has 0 bridgehead atoms. The van der Waals surface area contributed by atoms with Gasteiger partial charge in [-0.05, 0) is 52.4 Å². The minimum Gasteiger partial charge on any atom is -0.423 e. The second kappa shape index (κ2) is 7.96. The third kappa shape index (κ3) is 5.35. The van der Waals surface area contributed by atoms with Crippen LogP contribution in [0.1, 0.15) is 15.9 Å². The Morgan fingerprint density at radius 2 is 1.74 bits per heavy atom. The van der Waals surface area contributed by atoms with Gasteiger partial charge in [-0.2, -0.15) is 13.2 Å². The van der Waals surface area contributed by atoms with E-state index in [0.717, 1.165) is 0 Å². The molecule has 1 heterocycles. The van der Waals surface area contributed by atoms with Crippen molar-refractivity contribution in [3.8, 4) is 11.4 Å². The lowest BCUT2D eigenvalue weighted by molar-refractivity contribution is -0.176. The van der Waals surface area contributed by atoms with Crippen LogP contribution < -0.4 is 4.74 Å². The van der Waals surface area contributed by atoms with Crippen LogP contribution in [-0.2, 0) is 11.3 Å². The molecule has 1 aromatic heterocycles. The Bertz CT molecular complexity index is 879. The van der Waals surface area contributed by atoms with Gasteiger partial charge in [0.1, 0.15) is 18.7 Å². The quantitative estimate of drug-likeness (QED) is 0.485. The van der Waals surface area contributed by atoms with E-state index >= 15 is 0 Å². The number of nitrogens with zero attached hydrogens (tertiary/aromatic N) is 4. The number of tetrazole rings is 1. The van der Waals surface area contributed by atoms with Crippen molar-refractivity contribution in [1.29, 1.82) is 0 Å². The van der Waals surface area contributed by atoms with E-state index in [1.165, 1.54) is 35.3 Å². The van der Waals surface area contributed by atoms with E-state index < -0.39 is 18.8 Å². The summed E-state index contributed by atoms with van der Waals surface area (Å²) in [6.07, 6.45) is -2.94. The number of hydrogen-bond donors (Lipinski definition) is 0. The lowest BCUT2D eigenvalue weighted by atomic mass is 10.1. The van der Waals surface area contributed by atoms with Crippen LogP contribution in [0.3, 0.4) is 0 Å². The summed E-state index contributed by atoms with van der Waals surface area (Å²) in [6, 6.07) is 12.5. The summed E-state index contributed by atoms with van der Waals surface area (Å²) in [7, 11) is 0. The fourth-order valence-electron chi connectivity index (χ4n) is 2.13. The number of carbonyl (C=O) groups is 1. The summed E-state index contributed by atoms with van der Waals surface area (Å²) in [5.74, 6) is -0.262. The Kier molecular flexibility index (Phi) is 5.46. The van der Waals surface area contributed by atoms with Crippen LogP contribution in [0.25, 0.3) is 5.69 Å². The summed E-state index contributed by atoms with van der Waals surface area (Å²) >= 11 is 0. The number of hydrogen-bond acceptors (Lipinski definition) is 6. The fourth-order valence-corrected chi connectivity index (χ4v) is 2.13. The van der Waals surface area contributed by atoms with Crippen molar-refractivity contribution in [2.75, 3.05) is 6.61 Å². The predicted octanol–water partition coefficient (Wildman–Crippen LogP) is 2.96. The summed E-state index contributed by atoms with van der Waals surface area (Å²) in [4.78, 5) is 12.1. The molecule has 0 spiro atoms. The monoisotopic (exact) mass is 378 g/mol. The number of rotatable bonds is 6. The fraction of sp³-hybridized carbons (Fsp3) is 0.176. The molecule has 0 amide bonds. The van der Waals surface area contributed by atoms with Crippen LogP contribution in [0.2, 0.25) is 0 Å². The SMILES string of the molecule is O=C(Oc1ccc(-n2cnnn2)cc1)c1ccc(COCC(F)(F)F)cc1. The molecule has 0 radical (unpaired) electrons. The molecule has 27 heavy (non-hydrogen) atoms. The van der Waals surface area contributed by atoms with Gasteiger partial charge in [0, 0.05) is 0 Å². The molecule has 0 N–H and O–H groups in total. The first-order valence-corrected chi connectivity index (χ1v) is 7.70. The largest absolute Gasteiger partial charge is 0.423 e. The molecular formula is C17H13F3N4O3. The van der Waals surface area contributed by atoms with E-state index in [9.17, 15) is 18.0 Å². The van der Waals surface area contributed by atoms with Crippen molar-refractivity contribution in [2.45, 2.75) is 12.8 Å². The molecule has 3 rings (SSSR count). The molecule has 0 saturated heterocycles. The average molecular weight is 378 g/mol. The van der Waals surface area contributed by atoms with E-state index in [1.807, 2.05) is 0 Å². The number of benzene rings is 2. The van der Waals surface area contributed by atoms with Crippen molar-refractivity contribution in [3.63, 3.8) is 0 Å². The average Bonchev–Trinajstić information content (AvgIpc) is 3.16. The van der Waals surface area contributed by atoms with Crippen LogP contribution in [-0.4, -0.2) is 39.0 Å². The molecule has 0 atom stereocenters. The number of halogens is 3. The predicted molar refractivity (Wildman–Crippen MR) is 86.3 cm³/mol. The highest BCUT2D eigenvalue weighted by atomic mass is 19.4. The minimum absolute atomic E-state index is 0.201. The van der Waals surface area contributed by atoms with Crippen LogP contribution in [0.4, 0.5) is 13.2 Å². The Morgan fingerprint density at radius 1 is 1.04 bits per heavy atom. The molecule has 140 valence electrons. The third-order valence-corrected chi connectivity index (χ3v) is 3.38. The first-order chi connectivity index (χ1) is 12.9. The van der Waals surface area contributed by atoms with Gasteiger partial charge >= 0.3 is 12.1 Å². The van der Waals surface area contributed by atoms with Gasteiger partial charge < -0.3 is 9.47 Å². The molecule has 0 saturated carbocycles. The lowest BCUT2D eigenvalue weighted by Gasteiger charge is -2.08. The van der Waals surface area contributed by atoms with Crippen molar-refractivity contribution >= 4 is 5.97 Å². The Morgan fingerprint density at radius 3 is 2.33 bits per heavy atom. The minimum atomic E-state index is -4.37. The van der Waals surface area contributed by atoms with Gasteiger partial charge in [0.25, 0.3) is 0 Å². The zero-order valence-electron chi connectivity index (χ0n) is 13.8. The number of alkyl halides is 3. The Balaban J connectivity index is 1.56. The van der Waals surface area contributed by atoms with E-state index in [0.29, 0.717) is 17.0 Å². The molecule has 0 unspecified atom stereocenters. The first-order valence-electron chi connectivity index (χ1n) is 7.70. The molecule has 7 nitrogen and oxygen atoms in total. The van der Waals surface area contributed by atoms with Gasteiger partial charge in [-0.25, -0.2) is 9.48 Å². The standard InChI is InChI=1S/C17H13F3N4O3/c18-17(19,20)10-26-9-12-1-3-13(4-2-12)16(25)27-15-7-5-14(6-8-15)24-11-21-22-23-24/h1-8,11H,9-10H2. The second-order valence-corrected chi connectivity index (χ2v) is 5.44. The molecule has 10 heteroatoms. The molecular weight excluding hydrogens is 365 g/mol. The molecule has 0 aliphatic heterocycles. The van der Waals surface area contributed by atoms with Crippen molar-refractivity contribution in [1.82, 2.24) is 20.2 Å². The van der Waals surface area contributed by atoms with Gasteiger partial charge in [-0.1, -0.05) is 12.1 Å². The van der Waals surface area contributed by atoms with Crippen molar-refractivity contribution in [2.24, 2.45) is 0 Å². The van der Waals surface area contributed by atoms with Crippen molar-refractivity contribution < 1.29 is 27.4 Å². The summed E-state index contributed by atoms with van der Waals surface area (Å²) < 4.78 is 47.4. The van der Waals surface area contributed by atoms with Gasteiger partial charge in [0.2, 0.25) is 0 Å². The first kappa shape index (κ1) is 18.5. The van der Waals surface area contributed by atoms with Gasteiger partial charge in [0.05, 0.1) is 17.9 Å². The van der Waals surface area contributed by atoms with Crippen molar-refractivity contribution in [3.05, 3.63) is 66.0 Å². The number of ether oxygens (including phenoxy) is 2. The highest BCUT2D eigenvalue weighted by Gasteiger charge is 2.27. The molecule has 0 fully saturated rings. The molecule has 0 aliphatic carbocycles. The normalized spacial score (nSPS) is 11.4. The molecule has 2 aromatic carbocycles. The van der Waals surface area contributed by atoms with Gasteiger partial charge in [0.15, 0.2) is 0 Å². The zero-order valence-corrected chi connectivity index (χ0v) is 13.8. The maximum Gasteiger partial charge on any atom is 0.411 e. The van der Waals surface area contributed by atoms with E-state index in [-0.39, 0.29) is 12.2 Å². The number of aromatic nitrogens is 4. The third-order valence-electron chi connectivity index (χ3n) is 3.38. The van der Waals surface area contributed by atoms with Crippen LogP contribution in [0, 0.1) is 0 Å². The second-order valence-electron chi connectivity index (χ2n) is 5.44. The maximum absolute atomic E-state index is 12.1. The van der Waals surface area contributed by atoms with Crippen LogP contribution >= 0.6 is 0 Å². The van der Waals surface area contributed by atoms with Crippen LogP contribution in [0.15, 0.2) is 54.9 Å². The van der Waals surface area contributed by atoms with E-state index in [2.05, 4.69) is 20.3 Å². The van der Waals surface area contributed by atoms with E-state index in [4.69, 9.17) is 4.74 Å². The highest BCUT2D eigenvalue weighted by molar-refractivity contribution is 5.91. The van der Waals surface area contributed by atoms with Crippen LogP contribution in [0.5, 0.6) is 5.75 Å². The smallest absolute Gasteiger partial charge is 0.411 e. The Labute approximate surface area is 151 Å². The van der Waals surface area contributed by atoms with Gasteiger partial charge in [-0.15, -0.1) is 5.10 Å². The van der Waals surface area contributed by atoms with Gasteiger partial charge in [-0.3, -0.25) is 0 Å².